The van der Waals surface area contributed by atoms with Crippen LogP contribution in [0.25, 0.3) is 0 Å². The number of para-hydroxylation sites is 2. The minimum absolute atomic E-state index is 0.0753. The zero-order valence-corrected chi connectivity index (χ0v) is 18.8. The average Bonchev–Trinajstić information content (AvgIpc) is 3.20. The van der Waals surface area contributed by atoms with Gasteiger partial charge in [0.2, 0.25) is 11.8 Å². The molecule has 0 spiro atoms. The molecule has 0 bridgehead atoms. The van der Waals surface area contributed by atoms with Gasteiger partial charge in [0.15, 0.2) is 0 Å². The molecular weight excluding hydrogens is 414 g/mol. The van der Waals surface area contributed by atoms with Gasteiger partial charge < -0.3 is 15.5 Å². The Hall–Kier alpha value is -3.93. The van der Waals surface area contributed by atoms with Crippen LogP contribution in [0.15, 0.2) is 72.8 Å². The van der Waals surface area contributed by atoms with Crippen molar-refractivity contribution < 1.29 is 14.4 Å². The molecule has 3 aromatic carbocycles. The number of hydrogen-bond donors (Lipinski definition) is 2. The lowest BCUT2D eigenvalue weighted by Crippen LogP contribution is -2.29. The highest BCUT2D eigenvalue weighted by molar-refractivity contribution is 6.07. The molecule has 1 saturated heterocycles. The molecule has 1 aliphatic heterocycles. The van der Waals surface area contributed by atoms with Crippen molar-refractivity contribution in [3.05, 3.63) is 95.1 Å². The Morgan fingerprint density at radius 3 is 2.52 bits per heavy atom. The van der Waals surface area contributed by atoms with Crippen LogP contribution in [0.1, 0.15) is 33.5 Å². The summed E-state index contributed by atoms with van der Waals surface area (Å²) in [5, 5.41) is 5.78. The second-order valence-corrected chi connectivity index (χ2v) is 8.40. The van der Waals surface area contributed by atoms with Crippen molar-refractivity contribution >= 4 is 29.1 Å². The maximum absolute atomic E-state index is 13.0. The van der Waals surface area contributed by atoms with Gasteiger partial charge in [0.05, 0.1) is 17.2 Å². The van der Waals surface area contributed by atoms with E-state index in [1.807, 2.05) is 62.4 Å². The van der Waals surface area contributed by atoms with Gasteiger partial charge in [-0.05, 0) is 43.2 Å². The Kier molecular flexibility index (Phi) is 6.54. The summed E-state index contributed by atoms with van der Waals surface area (Å²) in [6.07, 6.45) is 0.141. The van der Waals surface area contributed by atoms with E-state index >= 15 is 0 Å². The normalized spacial score (nSPS) is 15.4. The quantitative estimate of drug-likeness (QED) is 0.601. The van der Waals surface area contributed by atoms with Gasteiger partial charge >= 0.3 is 0 Å². The second-order valence-electron chi connectivity index (χ2n) is 8.40. The van der Waals surface area contributed by atoms with E-state index in [1.54, 1.807) is 29.2 Å². The van der Waals surface area contributed by atoms with E-state index in [1.165, 1.54) is 0 Å². The molecule has 0 unspecified atom stereocenters. The lowest BCUT2D eigenvalue weighted by Gasteiger charge is -2.19. The third kappa shape index (κ3) is 5.12. The molecule has 4 rings (SSSR count). The summed E-state index contributed by atoms with van der Waals surface area (Å²) in [5.74, 6) is -1.09. The SMILES string of the molecule is Cc1cccc(CNC(=O)c2ccccc2NC(=O)[C@@H]2CC(=O)N(c3ccccc3C)C2)c1. The fraction of sp³-hybridized carbons (Fsp3) is 0.222. The van der Waals surface area contributed by atoms with E-state index in [2.05, 4.69) is 10.6 Å². The maximum Gasteiger partial charge on any atom is 0.253 e. The molecule has 3 aromatic rings. The summed E-state index contributed by atoms with van der Waals surface area (Å²) in [6, 6.07) is 22.5. The first-order valence-corrected chi connectivity index (χ1v) is 11.0. The van der Waals surface area contributed by atoms with Crippen molar-refractivity contribution in [1.29, 1.82) is 0 Å². The largest absolute Gasteiger partial charge is 0.348 e. The first-order valence-electron chi connectivity index (χ1n) is 11.0. The zero-order valence-electron chi connectivity index (χ0n) is 18.8. The molecule has 168 valence electrons. The topological polar surface area (TPSA) is 78.5 Å². The highest BCUT2D eigenvalue weighted by Gasteiger charge is 2.36. The van der Waals surface area contributed by atoms with Gasteiger partial charge in [-0.15, -0.1) is 0 Å². The number of aryl methyl sites for hydroxylation is 2. The smallest absolute Gasteiger partial charge is 0.253 e. The molecule has 2 N–H and O–H groups in total. The third-order valence-corrected chi connectivity index (χ3v) is 5.87. The molecular formula is C27H27N3O3. The number of rotatable bonds is 6. The van der Waals surface area contributed by atoms with Crippen LogP contribution in [-0.4, -0.2) is 24.3 Å². The molecule has 0 saturated carbocycles. The maximum atomic E-state index is 13.0. The number of benzene rings is 3. The van der Waals surface area contributed by atoms with E-state index in [4.69, 9.17) is 0 Å². The predicted octanol–water partition coefficient (Wildman–Crippen LogP) is 4.23. The summed E-state index contributed by atoms with van der Waals surface area (Å²) in [5.41, 5.74) is 4.77. The third-order valence-electron chi connectivity index (χ3n) is 5.87. The molecule has 6 heteroatoms. The van der Waals surface area contributed by atoms with Gasteiger partial charge in [-0.2, -0.15) is 0 Å². The van der Waals surface area contributed by atoms with E-state index in [0.29, 0.717) is 24.3 Å². The summed E-state index contributed by atoms with van der Waals surface area (Å²) < 4.78 is 0. The van der Waals surface area contributed by atoms with Crippen LogP contribution in [0.3, 0.4) is 0 Å². The number of carbonyl (C=O) groups is 3. The van der Waals surface area contributed by atoms with Gasteiger partial charge in [-0.3, -0.25) is 14.4 Å². The van der Waals surface area contributed by atoms with Gasteiger partial charge in [-0.25, -0.2) is 0 Å². The first kappa shape index (κ1) is 22.3. The Morgan fingerprint density at radius 1 is 0.970 bits per heavy atom. The molecule has 1 aliphatic rings. The fourth-order valence-corrected chi connectivity index (χ4v) is 4.11. The van der Waals surface area contributed by atoms with Crippen LogP contribution in [-0.2, 0) is 16.1 Å². The van der Waals surface area contributed by atoms with Crippen LogP contribution in [0.4, 0.5) is 11.4 Å². The van der Waals surface area contributed by atoms with Gasteiger partial charge in [0, 0.05) is 25.2 Å². The summed E-state index contributed by atoms with van der Waals surface area (Å²) >= 11 is 0. The van der Waals surface area contributed by atoms with E-state index in [0.717, 1.165) is 22.4 Å². The molecule has 0 aliphatic carbocycles. The Bertz CT molecular complexity index is 1200. The van der Waals surface area contributed by atoms with Crippen LogP contribution < -0.4 is 15.5 Å². The molecule has 6 nitrogen and oxygen atoms in total. The van der Waals surface area contributed by atoms with Crippen molar-refractivity contribution in [2.24, 2.45) is 5.92 Å². The summed E-state index contributed by atoms with van der Waals surface area (Å²) in [4.78, 5) is 40.1. The molecule has 1 heterocycles. The number of carbonyl (C=O) groups excluding carboxylic acids is 3. The number of hydrogen-bond acceptors (Lipinski definition) is 3. The number of amides is 3. The first-order chi connectivity index (χ1) is 15.9. The Labute approximate surface area is 193 Å². The molecule has 1 atom stereocenters. The van der Waals surface area contributed by atoms with Crippen LogP contribution >= 0.6 is 0 Å². The Morgan fingerprint density at radius 2 is 1.73 bits per heavy atom. The van der Waals surface area contributed by atoms with Gasteiger partial charge in [-0.1, -0.05) is 60.2 Å². The standard InChI is InChI=1S/C27H27N3O3/c1-18-8-7-10-20(14-18)16-28-27(33)22-11-4-5-12-23(22)29-26(32)21-15-25(31)30(17-21)24-13-6-3-9-19(24)2/h3-14,21H,15-17H2,1-2H3,(H,28,33)(H,29,32)/t21-/m1/s1. The number of nitrogens with zero attached hydrogens (tertiary/aromatic N) is 1. The number of nitrogens with one attached hydrogen (secondary N) is 2. The summed E-state index contributed by atoms with van der Waals surface area (Å²) in [7, 11) is 0. The van der Waals surface area contributed by atoms with Crippen molar-refractivity contribution in [3.63, 3.8) is 0 Å². The summed E-state index contributed by atoms with van der Waals surface area (Å²) in [6.45, 7) is 4.66. The van der Waals surface area contributed by atoms with Crippen LogP contribution in [0.2, 0.25) is 0 Å². The van der Waals surface area contributed by atoms with Gasteiger partial charge in [0.25, 0.3) is 5.91 Å². The monoisotopic (exact) mass is 441 g/mol. The van der Waals surface area contributed by atoms with E-state index in [-0.39, 0.29) is 24.1 Å². The molecule has 0 radical (unpaired) electrons. The minimum atomic E-state index is -0.486. The number of anilines is 2. The van der Waals surface area contributed by atoms with E-state index < -0.39 is 5.92 Å². The van der Waals surface area contributed by atoms with Crippen LogP contribution in [0.5, 0.6) is 0 Å². The zero-order chi connectivity index (χ0) is 23.4. The fourth-order valence-electron chi connectivity index (χ4n) is 4.11. The molecule has 33 heavy (non-hydrogen) atoms. The van der Waals surface area contributed by atoms with Crippen molar-refractivity contribution in [2.75, 3.05) is 16.8 Å². The second kappa shape index (κ2) is 9.69. The van der Waals surface area contributed by atoms with E-state index in [9.17, 15) is 14.4 Å². The Balaban J connectivity index is 1.43. The molecule has 3 amide bonds. The lowest BCUT2D eigenvalue weighted by atomic mass is 10.1. The minimum Gasteiger partial charge on any atom is -0.348 e. The lowest BCUT2D eigenvalue weighted by molar-refractivity contribution is -0.122. The predicted molar refractivity (Wildman–Crippen MR) is 129 cm³/mol. The van der Waals surface area contributed by atoms with Crippen LogP contribution in [0, 0.1) is 19.8 Å². The molecule has 0 aromatic heterocycles. The van der Waals surface area contributed by atoms with Crippen molar-refractivity contribution in [1.82, 2.24) is 5.32 Å². The van der Waals surface area contributed by atoms with Gasteiger partial charge in [0.1, 0.15) is 0 Å². The molecule has 1 fully saturated rings. The highest BCUT2D eigenvalue weighted by Crippen LogP contribution is 2.28. The van der Waals surface area contributed by atoms with Crippen molar-refractivity contribution in [2.45, 2.75) is 26.8 Å². The average molecular weight is 442 g/mol. The highest BCUT2D eigenvalue weighted by atomic mass is 16.2. The van der Waals surface area contributed by atoms with Crippen molar-refractivity contribution in [3.8, 4) is 0 Å².